The average Bonchev–Trinajstić information content (AvgIpc) is 2.46. The zero-order valence-corrected chi connectivity index (χ0v) is 9.82. The second-order valence-electron chi connectivity index (χ2n) is 4.65. The number of hydrogen-bond donors (Lipinski definition) is 0. The van der Waals surface area contributed by atoms with Crippen LogP contribution >= 0.6 is 0 Å². The van der Waals surface area contributed by atoms with E-state index in [1.165, 1.54) is 32.6 Å². The molecule has 0 aromatic carbocycles. The molecule has 0 saturated carbocycles. The maximum Gasteiger partial charge on any atom is 0.0594 e. The van der Waals surface area contributed by atoms with Crippen molar-refractivity contribution in [3.8, 4) is 0 Å². The molecule has 88 valence electrons. The first-order chi connectivity index (χ1) is 7.34. The summed E-state index contributed by atoms with van der Waals surface area (Å²) in [6.45, 7) is 10.1. The molecule has 0 amide bonds. The van der Waals surface area contributed by atoms with E-state index in [4.69, 9.17) is 4.74 Å². The van der Waals surface area contributed by atoms with Crippen molar-refractivity contribution in [2.45, 2.75) is 6.42 Å². The van der Waals surface area contributed by atoms with Gasteiger partial charge in [0.15, 0.2) is 0 Å². The summed E-state index contributed by atoms with van der Waals surface area (Å²) in [4.78, 5) is 7.52. The number of hydrogen-bond acceptors (Lipinski definition) is 4. The van der Waals surface area contributed by atoms with Crippen LogP contribution in [0.3, 0.4) is 0 Å². The van der Waals surface area contributed by atoms with Gasteiger partial charge in [0.25, 0.3) is 0 Å². The maximum absolute atomic E-state index is 5.36. The van der Waals surface area contributed by atoms with Crippen LogP contribution in [-0.4, -0.2) is 80.9 Å². The van der Waals surface area contributed by atoms with Crippen molar-refractivity contribution < 1.29 is 4.74 Å². The molecule has 0 N–H and O–H groups in total. The highest BCUT2D eigenvalue weighted by Crippen LogP contribution is 2.04. The van der Waals surface area contributed by atoms with Gasteiger partial charge in [0, 0.05) is 32.7 Å². The Kier molecular flexibility index (Phi) is 4.38. The molecular formula is C11H23N3O. The molecule has 0 atom stereocenters. The normalized spacial score (nSPS) is 27.8. The smallest absolute Gasteiger partial charge is 0.0594 e. The highest BCUT2D eigenvalue weighted by molar-refractivity contribution is 4.69. The number of ether oxygens (including phenoxy) is 1. The summed E-state index contributed by atoms with van der Waals surface area (Å²) in [6, 6.07) is 0. The molecule has 0 aliphatic carbocycles. The van der Waals surface area contributed by atoms with E-state index in [9.17, 15) is 0 Å². The number of likely N-dealkylation sites (N-methyl/N-ethyl adjacent to an activating group) is 1. The van der Waals surface area contributed by atoms with Gasteiger partial charge in [-0.1, -0.05) is 0 Å². The average molecular weight is 213 g/mol. The van der Waals surface area contributed by atoms with Crippen LogP contribution in [0.1, 0.15) is 6.42 Å². The first-order valence-electron chi connectivity index (χ1n) is 6.05. The highest BCUT2D eigenvalue weighted by Gasteiger charge is 2.16. The molecule has 2 aliphatic rings. The Morgan fingerprint density at radius 2 is 1.60 bits per heavy atom. The van der Waals surface area contributed by atoms with Gasteiger partial charge in [0.05, 0.1) is 19.9 Å². The summed E-state index contributed by atoms with van der Waals surface area (Å²) in [5, 5.41) is 0. The van der Waals surface area contributed by atoms with Crippen LogP contribution in [-0.2, 0) is 4.74 Å². The SMILES string of the molecule is CN1CCCN(CN2CCOCC2)CC1. The van der Waals surface area contributed by atoms with Gasteiger partial charge in [-0.15, -0.1) is 0 Å². The molecular weight excluding hydrogens is 190 g/mol. The standard InChI is InChI=1S/C11H23N3O/c1-12-3-2-4-13(6-5-12)11-14-7-9-15-10-8-14/h2-11H2,1H3. The number of morpholine rings is 1. The van der Waals surface area contributed by atoms with Crippen LogP contribution < -0.4 is 0 Å². The van der Waals surface area contributed by atoms with Gasteiger partial charge in [-0.3, -0.25) is 9.80 Å². The van der Waals surface area contributed by atoms with Crippen LogP contribution in [0.5, 0.6) is 0 Å². The minimum absolute atomic E-state index is 0.910. The third-order valence-electron chi connectivity index (χ3n) is 3.32. The Hall–Kier alpha value is -0.160. The highest BCUT2D eigenvalue weighted by atomic mass is 16.5. The Labute approximate surface area is 92.8 Å². The maximum atomic E-state index is 5.36. The van der Waals surface area contributed by atoms with E-state index < -0.39 is 0 Å². The van der Waals surface area contributed by atoms with E-state index in [1.807, 2.05) is 0 Å². The molecule has 0 bridgehead atoms. The number of rotatable bonds is 2. The summed E-state index contributed by atoms with van der Waals surface area (Å²) >= 11 is 0. The predicted molar refractivity (Wildman–Crippen MR) is 60.9 cm³/mol. The van der Waals surface area contributed by atoms with Crippen LogP contribution in [0.25, 0.3) is 0 Å². The van der Waals surface area contributed by atoms with Gasteiger partial charge in [0.2, 0.25) is 0 Å². The largest absolute Gasteiger partial charge is 0.379 e. The lowest BCUT2D eigenvalue weighted by molar-refractivity contribution is 0.0107. The topological polar surface area (TPSA) is 19.0 Å². The quantitative estimate of drug-likeness (QED) is 0.638. The van der Waals surface area contributed by atoms with Crippen LogP contribution in [0.4, 0.5) is 0 Å². The predicted octanol–water partition coefficient (Wildman–Crippen LogP) is -0.0864. The zero-order chi connectivity index (χ0) is 10.5. The fourth-order valence-electron chi connectivity index (χ4n) is 2.27. The first kappa shape index (κ1) is 11.3. The monoisotopic (exact) mass is 213 g/mol. The van der Waals surface area contributed by atoms with E-state index in [1.54, 1.807) is 0 Å². The Morgan fingerprint density at radius 3 is 2.40 bits per heavy atom. The van der Waals surface area contributed by atoms with E-state index >= 15 is 0 Å². The summed E-state index contributed by atoms with van der Waals surface area (Å²) in [5.74, 6) is 0. The third kappa shape index (κ3) is 3.72. The summed E-state index contributed by atoms with van der Waals surface area (Å²) < 4.78 is 5.36. The van der Waals surface area contributed by atoms with Crippen molar-refractivity contribution in [3.05, 3.63) is 0 Å². The molecule has 0 unspecified atom stereocenters. The lowest BCUT2D eigenvalue weighted by Crippen LogP contribution is -2.45. The van der Waals surface area contributed by atoms with E-state index in [2.05, 4.69) is 21.7 Å². The fourth-order valence-corrected chi connectivity index (χ4v) is 2.27. The molecule has 2 rings (SSSR count). The van der Waals surface area contributed by atoms with Crippen molar-refractivity contribution in [2.24, 2.45) is 0 Å². The molecule has 2 aliphatic heterocycles. The third-order valence-corrected chi connectivity index (χ3v) is 3.32. The minimum Gasteiger partial charge on any atom is -0.379 e. The Morgan fingerprint density at radius 1 is 0.867 bits per heavy atom. The molecule has 0 aromatic rings. The van der Waals surface area contributed by atoms with E-state index in [0.29, 0.717) is 0 Å². The summed E-state index contributed by atoms with van der Waals surface area (Å²) in [6.07, 6.45) is 1.31. The van der Waals surface area contributed by atoms with Crippen LogP contribution in [0.2, 0.25) is 0 Å². The second-order valence-corrected chi connectivity index (χ2v) is 4.65. The lowest BCUT2D eigenvalue weighted by Gasteiger charge is -2.32. The lowest BCUT2D eigenvalue weighted by atomic mass is 10.4. The molecule has 15 heavy (non-hydrogen) atoms. The Bertz CT molecular complexity index is 183. The second kappa shape index (κ2) is 5.80. The molecule has 4 heteroatoms. The van der Waals surface area contributed by atoms with Crippen molar-refractivity contribution in [3.63, 3.8) is 0 Å². The van der Waals surface area contributed by atoms with Gasteiger partial charge in [-0.05, 0) is 20.0 Å². The molecule has 2 heterocycles. The van der Waals surface area contributed by atoms with E-state index in [-0.39, 0.29) is 0 Å². The van der Waals surface area contributed by atoms with E-state index in [0.717, 1.165) is 33.0 Å². The fraction of sp³-hybridized carbons (Fsp3) is 1.00. The van der Waals surface area contributed by atoms with Crippen LogP contribution in [0, 0.1) is 0 Å². The molecule has 2 fully saturated rings. The van der Waals surface area contributed by atoms with Crippen molar-refractivity contribution in [2.75, 3.05) is 66.2 Å². The molecule has 4 nitrogen and oxygen atoms in total. The summed E-state index contributed by atoms with van der Waals surface area (Å²) in [7, 11) is 2.22. The summed E-state index contributed by atoms with van der Waals surface area (Å²) in [5.41, 5.74) is 0. The van der Waals surface area contributed by atoms with Gasteiger partial charge in [-0.2, -0.15) is 0 Å². The van der Waals surface area contributed by atoms with Crippen molar-refractivity contribution in [1.82, 2.24) is 14.7 Å². The van der Waals surface area contributed by atoms with Crippen molar-refractivity contribution >= 4 is 0 Å². The van der Waals surface area contributed by atoms with Gasteiger partial charge in [-0.25, -0.2) is 0 Å². The molecule has 0 spiro atoms. The molecule has 0 aromatic heterocycles. The first-order valence-corrected chi connectivity index (χ1v) is 6.05. The molecule has 2 saturated heterocycles. The van der Waals surface area contributed by atoms with Crippen LogP contribution in [0.15, 0.2) is 0 Å². The van der Waals surface area contributed by atoms with Crippen molar-refractivity contribution in [1.29, 1.82) is 0 Å². The zero-order valence-electron chi connectivity index (χ0n) is 9.82. The van der Waals surface area contributed by atoms with Gasteiger partial charge < -0.3 is 9.64 Å². The minimum atomic E-state index is 0.910. The Balaban J connectivity index is 1.72. The van der Waals surface area contributed by atoms with Gasteiger partial charge in [0.1, 0.15) is 0 Å². The molecule has 0 radical (unpaired) electrons. The van der Waals surface area contributed by atoms with Gasteiger partial charge >= 0.3 is 0 Å². The number of nitrogens with zero attached hydrogens (tertiary/aromatic N) is 3.